The second kappa shape index (κ2) is 10.2. The number of hydrogen-bond acceptors (Lipinski definition) is 7. The minimum absolute atomic E-state index is 0.144. The fraction of sp³-hybridized carbons (Fsp3) is 0.440. The lowest BCUT2D eigenvalue weighted by Gasteiger charge is -2.37. The molecule has 0 radical (unpaired) electrons. The van der Waals surface area contributed by atoms with E-state index in [9.17, 15) is 21.6 Å². The smallest absolute Gasteiger partial charge is 0.378 e. The Kier molecular flexibility index (Phi) is 7.10. The van der Waals surface area contributed by atoms with Gasteiger partial charge in [0.25, 0.3) is 0 Å². The molecule has 37 heavy (non-hydrogen) atoms. The number of halogens is 3. The molecule has 0 bridgehead atoms. The summed E-state index contributed by atoms with van der Waals surface area (Å²) < 4.78 is 71.5. The maximum absolute atomic E-state index is 13.0. The molecule has 0 spiro atoms. The molecule has 8 nitrogen and oxygen atoms in total. The first kappa shape index (κ1) is 25.8. The molecule has 0 amide bonds. The molecule has 2 aliphatic heterocycles. The monoisotopic (exact) mass is 535 g/mol. The summed E-state index contributed by atoms with van der Waals surface area (Å²) >= 11 is 0. The first-order chi connectivity index (χ1) is 17.6. The average Bonchev–Trinajstić information content (AvgIpc) is 2.92. The zero-order chi connectivity index (χ0) is 26.2. The van der Waals surface area contributed by atoms with Crippen molar-refractivity contribution < 1.29 is 26.3 Å². The highest BCUT2D eigenvalue weighted by Crippen LogP contribution is 2.31. The molecular formula is C25H28F3N5O3S. The van der Waals surface area contributed by atoms with Gasteiger partial charge in [0.2, 0.25) is 10.0 Å². The average molecular weight is 536 g/mol. The van der Waals surface area contributed by atoms with Crippen LogP contribution in [-0.2, 0) is 20.9 Å². The van der Waals surface area contributed by atoms with Crippen molar-refractivity contribution in [3.05, 3.63) is 59.9 Å². The number of morpholine rings is 1. The highest BCUT2D eigenvalue weighted by Gasteiger charge is 2.34. The van der Waals surface area contributed by atoms with Gasteiger partial charge in [0.05, 0.1) is 35.2 Å². The van der Waals surface area contributed by atoms with Crippen LogP contribution in [0.25, 0.3) is 10.9 Å². The normalized spacial score (nSPS) is 19.3. The summed E-state index contributed by atoms with van der Waals surface area (Å²) in [5.74, 6) is 1.54. The third kappa shape index (κ3) is 5.28. The number of ether oxygens (including phenoxy) is 1. The third-order valence-electron chi connectivity index (χ3n) is 6.93. The first-order valence-electron chi connectivity index (χ1n) is 12.2. The van der Waals surface area contributed by atoms with Crippen LogP contribution in [0.4, 0.5) is 19.0 Å². The van der Waals surface area contributed by atoms with E-state index in [1.807, 2.05) is 31.2 Å². The Morgan fingerprint density at radius 1 is 0.892 bits per heavy atom. The minimum atomic E-state index is -4.52. The molecule has 12 heteroatoms. The van der Waals surface area contributed by atoms with Gasteiger partial charge in [-0.3, -0.25) is 4.90 Å². The van der Waals surface area contributed by atoms with Crippen LogP contribution in [0.15, 0.2) is 53.4 Å². The van der Waals surface area contributed by atoms with Crippen molar-refractivity contribution in [2.45, 2.75) is 24.0 Å². The first-order valence-corrected chi connectivity index (χ1v) is 13.6. The van der Waals surface area contributed by atoms with E-state index >= 15 is 0 Å². The van der Waals surface area contributed by atoms with Gasteiger partial charge >= 0.3 is 6.18 Å². The Balaban J connectivity index is 1.32. The second-order valence-electron chi connectivity index (χ2n) is 9.16. The van der Waals surface area contributed by atoms with Gasteiger partial charge in [-0.15, -0.1) is 0 Å². The molecule has 0 saturated carbocycles. The van der Waals surface area contributed by atoms with E-state index in [-0.39, 0.29) is 24.0 Å². The molecule has 0 N–H and O–H groups in total. The van der Waals surface area contributed by atoms with Crippen molar-refractivity contribution in [3.8, 4) is 0 Å². The number of anilines is 1. The number of benzene rings is 2. The standard InChI is InChI=1S/C25H28F3N5O3S/c1-18(23-29-22-5-3-2-4-21(22)24(30-23)32-14-16-36-17-15-32)31-10-12-33(13-11-31)37(34,35)20-8-6-19(7-9-20)25(26,27)28/h2-9,18H,10-17H2,1H3/t18-/m0/s1. The second-order valence-corrected chi connectivity index (χ2v) is 11.1. The number of rotatable bonds is 5. The van der Waals surface area contributed by atoms with E-state index < -0.39 is 21.8 Å². The molecule has 3 heterocycles. The minimum Gasteiger partial charge on any atom is -0.378 e. The van der Waals surface area contributed by atoms with Crippen molar-refractivity contribution in [2.24, 2.45) is 0 Å². The fourth-order valence-electron chi connectivity index (χ4n) is 4.74. The number of para-hydroxylation sites is 1. The lowest BCUT2D eigenvalue weighted by Crippen LogP contribution is -2.49. The van der Waals surface area contributed by atoms with E-state index in [0.29, 0.717) is 32.1 Å². The maximum atomic E-state index is 13.0. The molecule has 0 aliphatic carbocycles. The number of piperazine rings is 1. The molecule has 5 rings (SSSR count). The van der Waals surface area contributed by atoms with E-state index in [1.54, 1.807) is 0 Å². The van der Waals surface area contributed by atoms with Gasteiger partial charge in [-0.2, -0.15) is 17.5 Å². The van der Waals surface area contributed by atoms with Crippen molar-refractivity contribution in [2.75, 3.05) is 57.4 Å². The Morgan fingerprint density at radius 2 is 1.54 bits per heavy atom. The Hall–Kier alpha value is -2.80. The van der Waals surface area contributed by atoms with Crippen LogP contribution < -0.4 is 4.90 Å². The Morgan fingerprint density at radius 3 is 2.19 bits per heavy atom. The molecule has 1 aromatic heterocycles. The lowest BCUT2D eigenvalue weighted by molar-refractivity contribution is -0.137. The summed E-state index contributed by atoms with van der Waals surface area (Å²) in [5.41, 5.74) is -0.0266. The van der Waals surface area contributed by atoms with E-state index in [1.165, 1.54) is 4.31 Å². The summed E-state index contributed by atoms with van der Waals surface area (Å²) in [6.45, 7) is 6.11. The van der Waals surface area contributed by atoms with Crippen molar-refractivity contribution in [3.63, 3.8) is 0 Å². The van der Waals surface area contributed by atoms with Crippen LogP contribution in [0, 0.1) is 0 Å². The quantitative estimate of drug-likeness (QED) is 0.495. The highest BCUT2D eigenvalue weighted by molar-refractivity contribution is 7.89. The van der Waals surface area contributed by atoms with Crippen LogP contribution in [0.3, 0.4) is 0 Å². The summed E-state index contributed by atoms with van der Waals surface area (Å²) in [6, 6.07) is 11.4. The number of sulfonamides is 1. The Labute approximate surface area is 213 Å². The van der Waals surface area contributed by atoms with Gasteiger partial charge in [0, 0.05) is 44.7 Å². The van der Waals surface area contributed by atoms with Gasteiger partial charge in [0.1, 0.15) is 11.6 Å². The van der Waals surface area contributed by atoms with Crippen molar-refractivity contribution >= 4 is 26.7 Å². The molecule has 1 atom stereocenters. The SMILES string of the molecule is C[C@@H](c1nc(N2CCOCC2)c2ccccc2n1)N1CCN(S(=O)(=O)c2ccc(C(F)(F)F)cc2)CC1. The van der Waals surface area contributed by atoms with Crippen LogP contribution in [-0.4, -0.2) is 80.1 Å². The van der Waals surface area contributed by atoms with E-state index in [0.717, 1.165) is 54.1 Å². The summed E-state index contributed by atoms with van der Waals surface area (Å²) in [7, 11) is -3.90. The fourth-order valence-corrected chi connectivity index (χ4v) is 6.16. The topological polar surface area (TPSA) is 78.9 Å². The van der Waals surface area contributed by atoms with Gasteiger partial charge in [0.15, 0.2) is 0 Å². The van der Waals surface area contributed by atoms with E-state index in [2.05, 4.69) is 9.80 Å². The van der Waals surface area contributed by atoms with Gasteiger partial charge in [-0.05, 0) is 43.3 Å². The van der Waals surface area contributed by atoms with Crippen LogP contribution in [0.5, 0.6) is 0 Å². The molecule has 2 aromatic carbocycles. The summed E-state index contributed by atoms with van der Waals surface area (Å²) in [4.78, 5) is 13.9. The molecule has 198 valence electrons. The van der Waals surface area contributed by atoms with Crippen molar-refractivity contribution in [1.82, 2.24) is 19.2 Å². The molecule has 2 saturated heterocycles. The summed E-state index contributed by atoms with van der Waals surface area (Å²) in [5, 5.41) is 0.979. The van der Waals surface area contributed by atoms with Crippen LogP contribution in [0.2, 0.25) is 0 Å². The van der Waals surface area contributed by atoms with Gasteiger partial charge in [-0.1, -0.05) is 12.1 Å². The van der Waals surface area contributed by atoms with Crippen LogP contribution in [0.1, 0.15) is 24.4 Å². The van der Waals surface area contributed by atoms with E-state index in [4.69, 9.17) is 14.7 Å². The highest BCUT2D eigenvalue weighted by atomic mass is 32.2. The predicted octanol–water partition coefficient (Wildman–Crippen LogP) is 3.55. The number of nitrogens with zero attached hydrogens (tertiary/aromatic N) is 5. The molecule has 2 aliphatic rings. The molecule has 0 unspecified atom stereocenters. The predicted molar refractivity (Wildman–Crippen MR) is 133 cm³/mol. The third-order valence-corrected chi connectivity index (χ3v) is 8.84. The Bertz CT molecular complexity index is 1350. The van der Waals surface area contributed by atoms with Gasteiger partial charge in [-0.25, -0.2) is 18.4 Å². The number of aromatic nitrogens is 2. The molecule has 2 fully saturated rings. The number of hydrogen-bond donors (Lipinski definition) is 0. The maximum Gasteiger partial charge on any atom is 0.416 e. The van der Waals surface area contributed by atoms with Crippen molar-refractivity contribution in [1.29, 1.82) is 0 Å². The number of alkyl halides is 3. The molecular weight excluding hydrogens is 507 g/mol. The zero-order valence-electron chi connectivity index (χ0n) is 20.4. The zero-order valence-corrected chi connectivity index (χ0v) is 21.2. The van der Waals surface area contributed by atoms with Crippen LogP contribution >= 0.6 is 0 Å². The number of fused-ring (bicyclic) bond motifs is 1. The largest absolute Gasteiger partial charge is 0.416 e. The molecule has 3 aromatic rings. The lowest BCUT2D eigenvalue weighted by atomic mass is 10.1. The summed E-state index contributed by atoms with van der Waals surface area (Å²) in [6.07, 6.45) is -4.52. The van der Waals surface area contributed by atoms with Gasteiger partial charge < -0.3 is 9.64 Å².